The number of ether oxygens (including phenoxy) is 1. The molecule has 0 saturated carbocycles. The molecular weight excluding hydrogens is 200 g/mol. The standard InChI is InChI=1S/C14H18O2/c1-4-16-14-7-5-6-12(9-14)8-13(10-15)11(2)3/h5-11H,4H2,1-3H3/b13-8-. The van der Waals surface area contributed by atoms with E-state index in [0.717, 1.165) is 23.2 Å². The summed E-state index contributed by atoms with van der Waals surface area (Å²) in [5.41, 5.74) is 1.80. The van der Waals surface area contributed by atoms with Crippen LogP contribution in [0.2, 0.25) is 0 Å². The van der Waals surface area contributed by atoms with Gasteiger partial charge >= 0.3 is 0 Å². The average Bonchev–Trinajstić information content (AvgIpc) is 2.26. The molecule has 1 rings (SSSR count). The van der Waals surface area contributed by atoms with Gasteiger partial charge in [-0.3, -0.25) is 4.79 Å². The van der Waals surface area contributed by atoms with Crippen LogP contribution in [-0.4, -0.2) is 12.9 Å². The zero-order valence-electron chi connectivity index (χ0n) is 10.1. The number of allylic oxidation sites excluding steroid dienone is 1. The molecule has 0 spiro atoms. The molecule has 16 heavy (non-hydrogen) atoms. The lowest BCUT2D eigenvalue weighted by molar-refractivity contribution is -0.105. The third kappa shape index (κ3) is 3.54. The van der Waals surface area contributed by atoms with Gasteiger partial charge in [-0.05, 0) is 42.2 Å². The first-order valence-electron chi connectivity index (χ1n) is 5.57. The molecule has 0 bridgehead atoms. The topological polar surface area (TPSA) is 26.3 Å². The van der Waals surface area contributed by atoms with Crippen molar-refractivity contribution in [2.45, 2.75) is 20.8 Å². The van der Waals surface area contributed by atoms with Crippen LogP contribution in [-0.2, 0) is 4.79 Å². The van der Waals surface area contributed by atoms with Gasteiger partial charge in [-0.25, -0.2) is 0 Å². The molecule has 0 aromatic heterocycles. The molecule has 2 heteroatoms. The van der Waals surface area contributed by atoms with Crippen LogP contribution in [0.3, 0.4) is 0 Å². The third-order valence-electron chi connectivity index (χ3n) is 2.31. The van der Waals surface area contributed by atoms with Gasteiger partial charge in [0.05, 0.1) is 6.61 Å². The lowest BCUT2D eigenvalue weighted by atomic mass is 10.0. The minimum atomic E-state index is 0.244. The van der Waals surface area contributed by atoms with Crippen molar-refractivity contribution in [1.82, 2.24) is 0 Å². The second-order valence-corrected chi connectivity index (χ2v) is 3.92. The van der Waals surface area contributed by atoms with Crippen molar-refractivity contribution in [3.63, 3.8) is 0 Å². The number of rotatable bonds is 5. The van der Waals surface area contributed by atoms with Gasteiger partial charge in [-0.2, -0.15) is 0 Å². The van der Waals surface area contributed by atoms with E-state index in [1.54, 1.807) is 0 Å². The number of benzene rings is 1. The van der Waals surface area contributed by atoms with Crippen molar-refractivity contribution in [2.75, 3.05) is 6.61 Å². The average molecular weight is 218 g/mol. The molecule has 0 atom stereocenters. The highest BCUT2D eigenvalue weighted by Crippen LogP contribution is 2.17. The molecule has 0 unspecified atom stereocenters. The van der Waals surface area contributed by atoms with E-state index in [0.29, 0.717) is 6.61 Å². The van der Waals surface area contributed by atoms with Crippen LogP contribution < -0.4 is 4.74 Å². The van der Waals surface area contributed by atoms with E-state index in [1.807, 2.05) is 51.1 Å². The minimum absolute atomic E-state index is 0.244. The minimum Gasteiger partial charge on any atom is -0.494 e. The summed E-state index contributed by atoms with van der Waals surface area (Å²) in [7, 11) is 0. The molecular formula is C14H18O2. The summed E-state index contributed by atoms with van der Waals surface area (Å²) in [6, 6.07) is 7.75. The van der Waals surface area contributed by atoms with Crippen LogP contribution in [0.5, 0.6) is 5.75 Å². The summed E-state index contributed by atoms with van der Waals surface area (Å²) < 4.78 is 5.40. The Morgan fingerprint density at radius 2 is 2.19 bits per heavy atom. The first-order valence-corrected chi connectivity index (χ1v) is 5.57. The molecule has 0 aliphatic carbocycles. The summed E-state index contributed by atoms with van der Waals surface area (Å²) in [5, 5.41) is 0. The second-order valence-electron chi connectivity index (χ2n) is 3.92. The van der Waals surface area contributed by atoms with E-state index in [1.165, 1.54) is 0 Å². The fourth-order valence-electron chi connectivity index (χ4n) is 1.39. The predicted molar refractivity (Wildman–Crippen MR) is 66.5 cm³/mol. The number of hydrogen-bond donors (Lipinski definition) is 0. The smallest absolute Gasteiger partial charge is 0.146 e. The van der Waals surface area contributed by atoms with Crippen LogP contribution in [0.25, 0.3) is 6.08 Å². The zero-order valence-corrected chi connectivity index (χ0v) is 10.1. The van der Waals surface area contributed by atoms with Crippen LogP contribution in [0.15, 0.2) is 29.8 Å². The van der Waals surface area contributed by atoms with Gasteiger partial charge in [-0.1, -0.05) is 26.0 Å². The Balaban J connectivity index is 2.95. The Hall–Kier alpha value is -1.57. The Morgan fingerprint density at radius 1 is 1.44 bits per heavy atom. The van der Waals surface area contributed by atoms with E-state index in [2.05, 4.69) is 0 Å². The van der Waals surface area contributed by atoms with E-state index < -0.39 is 0 Å². The van der Waals surface area contributed by atoms with Gasteiger partial charge in [0.1, 0.15) is 12.0 Å². The van der Waals surface area contributed by atoms with E-state index in [4.69, 9.17) is 4.74 Å². The Bertz CT molecular complexity index is 378. The van der Waals surface area contributed by atoms with Gasteiger partial charge in [-0.15, -0.1) is 0 Å². The third-order valence-corrected chi connectivity index (χ3v) is 2.31. The summed E-state index contributed by atoms with van der Waals surface area (Å²) >= 11 is 0. The van der Waals surface area contributed by atoms with Gasteiger partial charge in [0.25, 0.3) is 0 Å². The lowest BCUT2D eigenvalue weighted by Crippen LogP contribution is -1.95. The van der Waals surface area contributed by atoms with E-state index in [9.17, 15) is 4.79 Å². The maximum Gasteiger partial charge on any atom is 0.146 e. The summed E-state index contributed by atoms with van der Waals surface area (Å²) in [5.74, 6) is 1.08. The molecule has 0 saturated heterocycles. The largest absolute Gasteiger partial charge is 0.494 e. The molecule has 0 radical (unpaired) electrons. The van der Waals surface area contributed by atoms with E-state index in [-0.39, 0.29) is 5.92 Å². The lowest BCUT2D eigenvalue weighted by Gasteiger charge is -2.06. The highest BCUT2D eigenvalue weighted by atomic mass is 16.5. The first-order chi connectivity index (χ1) is 7.67. The van der Waals surface area contributed by atoms with Crippen molar-refractivity contribution in [3.8, 4) is 5.75 Å². The molecule has 0 aliphatic heterocycles. The molecule has 0 heterocycles. The quantitative estimate of drug-likeness (QED) is 0.559. The number of carbonyl (C=O) groups is 1. The van der Waals surface area contributed by atoms with Gasteiger partial charge in [0.15, 0.2) is 0 Å². The Morgan fingerprint density at radius 3 is 2.75 bits per heavy atom. The van der Waals surface area contributed by atoms with Crippen molar-refractivity contribution < 1.29 is 9.53 Å². The molecule has 2 nitrogen and oxygen atoms in total. The highest BCUT2D eigenvalue weighted by molar-refractivity contribution is 5.82. The number of hydrogen-bond acceptors (Lipinski definition) is 2. The zero-order chi connectivity index (χ0) is 12.0. The summed E-state index contributed by atoms with van der Waals surface area (Å²) in [6.45, 7) is 6.62. The van der Waals surface area contributed by atoms with Crippen molar-refractivity contribution in [1.29, 1.82) is 0 Å². The Kier molecular flexibility index (Phi) is 4.77. The molecule has 0 amide bonds. The van der Waals surface area contributed by atoms with Gasteiger partial charge < -0.3 is 4.74 Å². The highest BCUT2D eigenvalue weighted by Gasteiger charge is 2.02. The fourth-order valence-corrected chi connectivity index (χ4v) is 1.39. The van der Waals surface area contributed by atoms with Crippen LogP contribution >= 0.6 is 0 Å². The summed E-state index contributed by atoms with van der Waals surface area (Å²) in [6.07, 6.45) is 2.82. The van der Waals surface area contributed by atoms with Gasteiger partial charge in [0.2, 0.25) is 0 Å². The van der Waals surface area contributed by atoms with Crippen LogP contribution in [0.1, 0.15) is 26.3 Å². The molecule has 0 fully saturated rings. The van der Waals surface area contributed by atoms with Crippen LogP contribution in [0, 0.1) is 5.92 Å². The van der Waals surface area contributed by atoms with Crippen LogP contribution in [0.4, 0.5) is 0 Å². The number of carbonyl (C=O) groups excluding carboxylic acids is 1. The molecule has 0 N–H and O–H groups in total. The van der Waals surface area contributed by atoms with E-state index >= 15 is 0 Å². The molecule has 0 aliphatic rings. The SMILES string of the molecule is CCOc1cccc(/C=C(/C=O)C(C)C)c1. The second kappa shape index (κ2) is 6.11. The molecule has 1 aromatic rings. The molecule has 86 valence electrons. The normalized spacial score (nSPS) is 11.6. The maximum absolute atomic E-state index is 10.9. The van der Waals surface area contributed by atoms with Crippen molar-refractivity contribution in [2.24, 2.45) is 5.92 Å². The van der Waals surface area contributed by atoms with Gasteiger partial charge in [0, 0.05) is 0 Å². The Labute approximate surface area is 96.9 Å². The van der Waals surface area contributed by atoms with Crippen molar-refractivity contribution >= 4 is 12.4 Å². The van der Waals surface area contributed by atoms with Crippen molar-refractivity contribution in [3.05, 3.63) is 35.4 Å². The monoisotopic (exact) mass is 218 g/mol. The first kappa shape index (κ1) is 12.5. The fraction of sp³-hybridized carbons (Fsp3) is 0.357. The molecule has 1 aromatic carbocycles. The number of aldehydes is 1. The predicted octanol–water partition coefficient (Wildman–Crippen LogP) is 3.32. The summed E-state index contributed by atoms with van der Waals surface area (Å²) in [4.78, 5) is 10.9. The maximum atomic E-state index is 10.9.